The Kier molecular flexibility index (Phi) is 5.57. The number of aryl methyl sites for hydroxylation is 1. The zero-order valence-corrected chi connectivity index (χ0v) is 18.8. The Bertz CT molecular complexity index is 1070. The molecule has 5 heterocycles. The van der Waals surface area contributed by atoms with Crippen LogP contribution >= 0.6 is 0 Å². The standard InChI is InChI=1S/C26H34N6/c1-8-23(29-16-19-5-2-12-27-15-19)32-18-22(30-24(32)9-1)17-31-14-4-7-21-11-10-20-6-3-13-28-25(20)26(21)31/h1,3,6,8-9,13,18-19,21,26-27,29H,2,4-5,7,10-12,14-17H2/t19-,21-,26-/m0/s1. The normalized spacial score (nSPS) is 25.9. The van der Waals surface area contributed by atoms with Gasteiger partial charge in [-0.05, 0) is 93.8 Å². The van der Waals surface area contributed by atoms with Crippen molar-refractivity contribution in [3.63, 3.8) is 0 Å². The monoisotopic (exact) mass is 430 g/mol. The number of rotatable bonds is 5. The van der Waals surface area contributed by atoms with Crippen LogP contribution in [0.25, 0.3) is 5.65 Å². The highest BCUT2D eigenvalue weighted by Gasteiger charge is 2.37. The molecule has 168 valence electrons. The molecular weight excluding hydrogens is 396 g/mol. The molecule has 1 aliphatic carbocycles. The predicted molar refractivity (Wildman–Crippen MR) is 128 cm³/mol. The predicted octanol–water partition coefficient (Wildman–Crippen LogP) is 4.04. The number of hydrogen-bond acceptors (Lipinski definition) is 5. The molecule has 0 spiro atoms. The van der Waals surface area contributed by atoms with Gasteiger partial charge in [-0.1, -0.05) is 12.1 Å². The van der Waals surface area contributed by atoms with Gasteiger partial charge < -0.3 is 10.6 Å². The zero-order valence-electron chi connectivity index (χ0n) is 18.8. The number of piperidine rings is 2. The Morgan fingerprint density at radius 3 is 3.03 bits per heavy atom. The van der Waals surface area contributed by atoms with E-state index < -0.39 is 0 Å². The van der Waals surface area contributed by atoms with Crippen molar-refractivity contribution in [2.24, 2.45) is 11.8 Å². The molecule has 3 atom stereocenters. The number of likely N-dealkylation sites (tertiary alicyclic amines) is 1. The Labute approximate surface area is 190 Å². The van der Waals surface area contributed by atoms with E-state index in [1.807, 2.05) is 6.20 Å². The number of imidazole rings is 1. The molecule has 6 rings (SSSR count). The van der Waals surface area contributed by atoms with Gasteiger partial charge in [0.25, 0.3) is 0 Å². The Morgan fingerprint density at radius 2 is 2.09 bits per heavy atom. The van der Waals surface area contributed by atoms with Gasteiger partial charge >= 0.3 is 0 Å². The van der Waals surface area contributed by atoms with Gasteiger partial charge in [-0.3, -0.25) is 14.3 Å². The number of nitrogens with zero attached hydrogens (tertiary/aromatic N) is 4. The van der Waals surface area contributed by atoms with Crippen molar-refractivity contribution in [1.82, 2.24) is 24.6 Å². The van der Waals surface area contributed by atoms with Crippen LogP contribution in [0.1, 0.15) is 55.1 Å². The number of aromatic nitrogens is 3. The lowest BCUT2D eigenvalue weighted by Crippen LogP contribution is -2.41. The number of hydrogen-bond donors (Lipinski definition) is 2. The largest absolute Gasteiger partial charge is 0.371 e. The van der Waals surface area contributed by atoms with Gasteiger partial charge in [0.1, 0.15) is 11.5 Å². The van der Waals surface area contributed by atoms with Gasteiger partial charge in [0.05, 0.1) is 17.4 Å². The summed E-state index contributed by atoms with van der Waals surface area (Å²) in [7, 11) is 0. The number of pyridine rings is 2. The smallest absolute Gasteiger partial charge is 0.138 e. The lowest BCUT2D eigenvalue weighted by Gasteiger charge is -2.44. The fourth-order valence-corrected chi connectivity index (χ4v) is 6.13. The summed E-state index contributed by atoms with van der Waals surface area (Å²) < 4.78 is 2.24. The average molecular weight is 431 g/mol. The first kappa shape index (κ1) is 20.2. The van der Waals surface area contributed by atoms with Crippen LogP contribution in [0, 0.1) is 11.8 Å². The van der Waals surface area contributed by atoms with Gasteiger partial charge in [-0.2, -0.15) is 0 Å². The molecule has 3 aromatic heterocycles. The molecule has 3 aliphatic rings. The van der Waals surface area contributed by atoms with Crippen LogP contribution in [0.4, 0.5) is 5.82 Å². The Balaban J connectivity index is 1.22. The summed E-state index contributed by atoms with van der Waals surface area (Å²) in [5.74, 6) is 2.57. The quantitative estimate of drug-likeness (QED) is 0.640. The maximum atomic E-state index is 5.00. The van der Waals surface area contributed by atoms with Crippen LogP contribution in [0.5, 0.6) is 0 Å². The van der Waals surface area contributed by atoms with Crippen LogP contribution in [0.3, 0.4) is 0 Å². The maximum absolute atomic E-state index is 5.00. The molecule has 2 fully saturated rings. The second-order valence-corrected chi connectivity index (χ2v) is 9.87. The summed E-state index contributed by atoms with van der Waals surface area (Å²) in [5, 5.41) is 7.21. The Morgan fingerprint density at radius 1 is 1.09 bits per heavy atom. The molecule has 0 saturated carbocycles. The summed E-state index contributed by atoms with van der Waals surface area (Å²) in [6, 6.07) is 11.2. The van der Waals surface area contributed by atoms with E-state index in [0.29, 0.717) is 12.0 Å². The third kappa shape index (κ3) is 3.90. The highest BCUT2D eigenvalue weighted by Crippen LogP contribution is 2.43. The van der Waals surface area contributed by atoms with E-state index in [1.165, 1.54) is 49.8 Å². The van der Waals surface area contributed by atoms with E-state index >= 15 is 0 Å². The van der Waals surface area contributed by atoms with Gasteiger partial charge in [-0.15, -0.1) is 0 Å². The topological polar surface area (TPSA) is 57.5 Å². The first-order valence-electron chi connectivity index (χ1n) is 12.4. The van der Waals surface area contributed by atoms with Crippen LogP contribution < -0.4 is 10.6 Å². The maximum Gasteiger partial charge on any atom is 0.138 e. The van der Waals surface area contributed by atoms with Crippen molar-refractivity contribution in [3.8, 4) is 0 Å². The third-order valence-electron chi connectivity index (χ3n) is 7.73. The van der Waals surface area contributed by atoms with Gasteiger partial charge in [-0.25, -0.2) is 4.98 Å². The zero-order chi connectivity index (χ0) is 21.3. The fraction of sp³-hybridized carbons (Fsp3) is 0.538. The molecule has 0 radical (unpaired) electrons. The van der Waals surface area contributed by atoms with Crippen molar-refractivity contribution >= 4 is 11.5 Å². The number of fused-ring (bicyclic) bond motifs is 4. The van der Waals surface area contributed by atoms with Crippen molar-refractivity contribution in [3.05, 3.63) is 59.7 Å². The van der Waals surface area contributed by atoms with E-state index in [9.17, 15) is 0 Å². The average Bonchev–Trinajstić information content (AvgIpc) is 3.26. The van der Waals surface area contributed by atoms with Crippen molar-refractivity contribution < 1.29 is 0 Å². The minimum atomic E-state index is 0.440. The second kappa shape index (κ2) is 8.83. The van der Waals surface area contributed by atoms with E-state index in [1.54, 1.807) is 0 Å². The molecule has 3 aromatic rings. The van der Waals surface area contributed by atoms with E-state index in [4.69, 9.17) is 9.97 Å². The van der Waals surface area contributed by atoms with Crippen LogP contribution in [-0.4, -0.2) is 45.4 Å². The molecule has 0 bridgehead atoms. The van der Waals surface area contributed by atoms with Crippen molar-refractivity contribution in [2.75, 3.05) is 31.5 Å². The van der Waals surface area contributed by atoms with Crippen molar-refractivity contribution in [1.29, 1.82) is 0 Å². The first-order chi connectivity index (χ1) is 15.8. The van der Waals surface area contributed by atoms with Crippen LogP contribution in [-0.2, 0) is 13.0 Å². The summed E-state index contributed by atoms with van der Waals surface area (Å²) in [6.07, 6.45) is 11.9. The summed E-state index contributed by atoms with van der Waals surface area (Å²) >= 11 is 0. The minimum Gasteiger partial charge on any atom is -0.371 e. The molecule has 32 heavy (non-hydrogen) atoms. The summed E-state index contributed by atoms with van der Waals surface area (Å²) in [4.78, 5) is 12.5. The molecule has 6 nitrogen and oxygen atoms in total. The highest BCUT2D eigenvalue weighted by atomic mass is 15.2. The third-order valence-corrected chi connectivity index (χ3v) is 7.73. The fourth-order valence-electron chi connectivity index (χ4n) is 6.13. The second-order valence-electron chi connectivity index (χ2n) is 9.87. The molecule has 0 unspecified atom stereocenters. The van der Waals surface area contributed by atoms with E-state index in [2.05, 4.69) is 56.5 Å². The van der Waals surface area contributed by atoms with Crippen molar-refractivity contribution in [2.45, 2.75) is 51.1 Å². The molecule has 2 saturated heterocycles. The minimum absolute atomic E-state index is 0.440. The summed E-state index contributed by atoms with van der Waals surface area (Å²) in [5.41, 5.74) is 4.94. The molecule has 2 aliphatic heterocycles. The number of nitrogens with one attached hydrogen (secondary N) is 2. The van der Waals surface area contributed by atoms with E-state index in [0.717, 1.165) is 55.8 Å². The van der Waals surface area contributed by atoms with Gasteiger partial charge in [0.2, 0.25) is 0 Å². The number of anilines is 1. The van der Waals surface area contributed by atoms with Crippen LogP contribution in [0.2, 0.25) is 0 Å². The molecular formula is C26H34N6. The van der Waals surface area contributed by atoms with Crippen LogP contribution in [0.15, 0.2) is 42.7 Å². The lowest BCUT2D eigenvalue weighted by molar-refractivity contribution is 0.0687. The Hall–Kier alpha value is -2.44. The van der Waals surface area contributed by atoms with Gasteiger partial charge in [0, 0.05) is 25.5 Å². The molecule has 6 heteroatoms. The molecule has 2 N–H and O–H groups in total. The van der Waals surface area contributed by atoms with E-state index in [-0.39, 0.29) is 0 Å². The molecule has 0 aromatic carbocycles. The summed E-state index contributed by atoms with van der Waals surface area (Å²) in [6.45, 7) is 5.31. The SMILES string of the molecule is c1cnc2c(c1)CC[C@@H]1CCCN(Cc3cn4c(NC[C@H]5CCCNC5)cccc4n3)[C@H]21. The lowest BCUT2D eigenvalue weighted by atomic mass is 9.77. The first-order valence-corrected chi connectivity index (χ1v) is 12.4. The van der Waals surface area contributed by atoms with Gasteiger partial charge in [0.15, 0.2) is 0 Å². The highest BCUT2D eigenvalue weighted by molar-refractivity contribution is 5.51. The molecule has 0 amide bonds.